The fourth-order valence-corrected chi connectivity index (χ4v) is 10.9. The Bertz CT molecular complexity index is 256. The molecule has 0 saturated carbocycles. The van der Waals surface area contributed by atoms with E-state index in [1.165, 1.54) is 0 Å². The van der Waals surface area contributed by atoms with Gasteiger partial charge in [-0.2, -0.15) is 0 Å². The van der Waals surface area contributed by atoms with Gasteiger partial charge in [-0.15, -0.1) is 4.34 Å². The van der Waals surface area contributed by atoms with Crippen molar-refractivity contribution >= 4 is 24.5 Å². The van der Waals surface area contributed by atoms with E-state index in [4.69, 9.17) is 4.95 Å². The first-order chi connectivity index (χ1) is 6.34. The Morgan fingerprint density at radius 3 is 1.27 bits per heavy atom. The minimum absolute atomic E-state index is 1.29. The van der Waals surface area contributed by atoms with Crippen LogP contribution in [-0.2, 0) is 0 Å². The second kappa shape index (κ2) is 4.44. The highest BCUT2D eigenvalue weighted by molar-refractivity contribution is 6.90. The fourth-order valence-electron chi connectivity index (χ4n) is 1.51. The number of nitrogens with zero attached hydrogens (tertiary/aromatic N) is 2. The SMILES string of the molecule is C[Si](C)(C)C#[N+]N([Si](C)(C)C)[Si](C)(C)C. The molecule has 0 radical (unpaired) electrons. The van der Waals surface area contributed by atoms with Crippen molar-refractivity contribution < 1.29 is 0 Å². The van der Waals surface area contributed by atoms with E-state index >= 15 is 0 Å². The zero-order valence-electron chi connectivity index (χ0n) is 11.9. The molecule has 2 nitrogen and oxygen atoms in total. The molecule has 0 aromatic heterocycles. The summed E-state index contributed by atoms with van der Waals surface area (Å²) >= 11 is 0. The maximum Gasteiger partial charge on any atom is 0.264 e. The lowest BCUT2D eigenvalue weighted by molar-refractivity contribution is 0.825. The van der Waals surface area contributed by atoms with Crippen molar-refractivity contribution in [2.24, 2.45) is 0 Å². The molecule has 0 spiro atoms. The van der Waals surface area contributed by atoms with Gasteiger partial charge in [0.1, 0.15) is 0 Å². The lowest BCUT2D eigenvalue weighted by Gasteiger charge is -2.29. The van der Waals surface area contributed by atoms with Gasteiger partial charge in [-0.1, -0.05) is 19.6 Å². The van der Waals surface area contributed by atoms with E-state index in [0.29, 0.717) is 0 Å². The van der Waals surface area contributed by atoms with Crippen LogP contribution in [0.25, 0.3) is 4.95 Å². The Labute approximate surface area is 98.7 Å². The maximum absolute atomic E-state index is 4.71. The second-order valence-corrected chi connectivity index (χ2v) is 21.8. The highest BCUT2D eigenvalue weighted by atomic mass is 28.4. The molecule has 0 amide bonds. The zero-order valence-corrected chi connectivity index (χ0v) is 14.9. The zero-order chi connectivity index (χ0) is 12.5. The first-order valence-electron chi connectivity index (χ1n) is 5.62. The Hall–Kier alpha value is -0.0594. The van der Waals surface area contributed by atoms with Crippen LogP contribution in [0.3, 0.4) is 0 Å². The molecule has 5 heteroatoms. The van der Waals surface area contributed by atoms with Crippen LogP contribution in [0.15, 0.2) is 0 Å². The van der Waals surface area contributed by atoms with Crippen LogP contribution in [-0.4, -0.2) is 28.9 Å². The van der Waals surface area contributed by atoms with E-state index in [0.717, 1.165) is 0 Å². The molecule has 0 aliphatic carbocycles. The highest BCUT2D eigenvalue weighted by Crippen LogP contribution is 2.20. The monoisotopic (exact) mass is 259 g/mol. The summed E-state index contributed by atoms with van der Waals surface area (Å²) in [5, 5.41) is 0. The van der Waals surface area contributed by atoms with E-state index < -0.39 is 24.5 Å². The Kier molecular flexibility index (Phi) is 4.42. The smallest absolute Gasteiger partial charge is 0.149 e. The molecule has 15 heavy (non-hydrogen) atoms. The van der Waals surface area contributed by atoms with Crippen LogP contribution < -0.4 is 0 Å². The molecule has 0 aliphatic rings. The summed E-state index contributed by atoms with van der Waals surface area (Å²) < 4.78 is 2.43. The van der Waals surface area contributed by atoms with Gasteiger partial charge in [-0.3, -0.25) is 0 Å². The molecule has 0 saturated heterocycles. The van der Waals surface area contributed by atoms with E-state index in [2.05, 4.69) is 69.0 Å². The topological polar surface area (TPSA) is 7.60 Å². The fraction of sp³-hybridized carbons (Fsp3) is 0.900. The molecule has 0 N–H and O–H groups in total. The van der Waals surface area contributed by atoms with Crippen molar-refractivity contribution in [3.8, 4) is 5.69 Å². The summed E-state index contributed by atoms with van der Waals surface area (Å²) in [7, 11) is -3.96. The van der Waals surface area contributed by atoms with Crippen LogP contribution in [0.2, 0.25) is 58.9 Å². The number of hydrogen-bond acceptors (Lipinski definition) is 1. The molecule has 0 bridgehead atoms. The number of rotatable bonds is 2. The minimum Gasteiger partial charge on any atom is -0.149 e. The predicted molar refractivity (Wildman–Crippen MR) is 79.1 cm³/mol. The first-order valence-corrected chi connectivity index (χ1v) is 16.0. The quantitative estimate of drug-likeness (QED) is 0.535. The Morgan fingerprint density at radius 2 is 1.07 bits per heavy atom. The van der Waals surface area contributed by atoms with Gasteiger partial charge >= 0.3 is 0 Å². The molecule has 0 aromatic rings. The average molecular weight is 260 g/mol. The molecule has 0 aliphatic heterocycles. The highest BCUT2D eigenvalue weighted by Gasteiger charge is 2.42. The summed E-state index contributed by atoms with van der Waals surface area (Å²) in [6.45, 7) is 21.0. The Morgan fingerprint density at radius 1 is 0.733 bits per heavy atom. The van der Waals surface area contributed by atoms with Crippen LogP contribution >= 0.6 is 0 Å². The molecule has 0 heterocycles. The average Bonchev–Trinajstić information content (AvgIpc) is 1.75. The lowest BCUT2D eigenvalue weighted by atomic mass is 11.7. The van der Waals surface area contributed by atoms with Crippen molar-refractivity contribution in [2.45, 2.75) is 58.9 Å². The van der Waals surface area contributed by atoms with Crippen molar-refractivity contribution in [3.63, 3.8) is 0 Å². The van der Waals surface area contributed by atoms with Crippen molar-refractivity contribution in [2.75, 3.05) is 0 Å². The van der Waals surface area contributed by atoms with E-state index in [-0.39, 0.29) is 0 Å². The molecule has 0 unspecified atom stereocenters. The minimum atomic E-state index is -1.33. The third-order valence-electron chi connectivity index (χ3n) is 1.76. The third kappa shape index (κ3) is 6.18. The predicted octanol–water partition coefficient (Wildman–Crippen LogP) is 4.08. The first kappa shape index (κ1) is 14.9. The molecule has 0 aromatic carbocycles. The summed E-state index contributed by atoms with van der Waals surface area (Å²) in [5.41, 5.74) is 3.39. The van der Waals surface area contributed by atoms with Gasteiger partial charge in [0.2, 0.25) is 24.5 Å². The van der Waals surface area contributed by atoms with Crippen LogP contribution in [0, 0.1) is 5.69 Å². The molecule has 0 atom stereocenters. The Balaban J connectivity index is 5.07. The van der Waals surface area contributed by atoms with E-state index in [1.54, 1.807) is 0 Å². The van der Waals surface area contributed by atoms with Crippen molar-refractivity contribution in [1.29, 1.82) is 0 Å². The van der Waals surface area contributed by atoms with E-state index in [1.807, 2.05) is 0 Å². The van der Waals surface area contributed by atoms with Crippen LogP contribution in [0.4, 0.5) is 0 Å². The summed E-state index contributed by atoms with van der Waals surface area (Å²) in [6, 6.07) is 0. The summed E-state index contributed by atoms with van der Waals surface area (Å²) in [4.78, 5) is 4.71. The van der Waals surface area contributed by atoms with Gasteiger partial charge in [-0.25, -0.2) is 0 Å². The van der Waals surface area contributed by atoms with Gasteiger partial charge in [0.05, 0.1) is 4.95 Å². The lowest BCUT2D eigenvalue weighted by Crippen LogP contribution is -2.55. The standard InChI is InChI=1S/C10H27N2Si3/c1-13(2,3)10-11-12(14(4,5)6)15(7,8)9/h1-9H3/q+1. The van der Waals surface area contributed by atoms with Gasteiger partial charge in [0.15, 0.2) is 0 Å². The molecule has 88 valence electrons. The largest absolute Gasteiger partial charge is 0.264 e. The van der Waals surface area contributed by atoms with Crippen molar-refractivity contribution in [3.05, 3.63) is 4.95 Å². The summed E-state index contributed by atoms with van der Waals surface area (Å²) in [6.07, 6.45) is 0. The molecule has 0 rings (SSSR count). The maximum atomic E-state index is 4.71. The molecular weight excluding hydrogens is 232 g/mol. The molecule has 0 fully saturated rings. The van der Waals surface area contributed by atoms with Gasteiger partial charge in [0.25, 0.3) is 5.69 Å². The summed E-state index contributed by atoms with van der Waals surface area (Å²) in [5.74, 6) is 0. The van der Waals surface area contributed by atoms with Gasteiger partial charge < -0.3 is 0 Å². The third-order valence-corrected chi connectivity index (χ3v) is 9.29. The van der Waals surface area contributed by atoms with Crippen LogP contribution in [0.5, 0.6) is 0 Å². The number of hydrogen-bond donors (Lipinski definition) is 0. The second-order valence-electron chi connectivity index (χ2n) is 7.12. The molecular formula is C10H27N2Si3+. The van der Waals surface area contributed by atoms with Crippen LogP contribution in [0.1, 0.15) is 0 Å². The normalized spacial score (nSPS) is 13.1. The van der Waals surface area contributed by atoms with Gasteiger partial charge in [0, 0.05) is 0 Å². The van der Waals surface area contributed by atoms with Gasteiger partial charge in [-0.05, 0) is 39.3 Å². The van der Waals surface area contributed by atoms with E-state index in [9.17, 15) is 0 Å². The van der Waals surface area contributed by atoms with Crippen molar-refractivity contribution in [1.82, 2.24) is 4.34 Å².